The van der Waals surface area contributed by atoms with Crippen molar-refractivity contribution in [3.8, 4) is 0 Å². The maximum Gasteiger partial charge on any atom is 0.276 e. The van der Waals surface area contributed by atoms with Gasteiger partial charge in [0.15, 0.2) is 5.84 Å². The predicted molar refractivity (Wildman–Crippen MR) is 142 cm³/mol. The van der Waals surface area contributed by atoms with Gasteiger partial charge < -0.3 is 9.80 Å². The Hall–Kier alpha value is -2.88. The van der Waals surface area contributed by atoms with E-state index in [4.69, 9.17) is 23.2 Å². The number of amidine groups is 1. The van der Waals surface area contributed by atoms with Crippen molar-refractivity contribution in [2.24, 2.45) is 5.10 Å². The average Bonchev–Trinajstić information content (AvgIpc) is 3.61. The van der Waals surface area contributed by atoms with Gasteiger partial charge in [0.1, 0.15) is 11.6 Å². The number of hydrogen-bond acceptors (Lipinski definition) is 4. The fourth-order valence-electron chi connectivity index (χ4n) is 4.66. The van der Waals surface area contributed by atoms with E-state index in [-0.39, 0.29) is 4.90 Å². The number of hydrazone groups is 1. The van der Waals surface area contributed by atoms with Gasteiger partial charge >= 0.3 is 0 Å². The van der Waals surface area contributed by atoms with E-state index in [9.17, 15) is 17.2 Å². The molecule has 1 saturated carbocycles. The van der Waals surface area contributed by atoms with Crippen molar-refractivity contribution >= 4 is 44.7 Å². The van der Waals surface area contributed by atoms with Gasteiger partial charge in [0.2, 0.25) is 0 Å². The Morgan fingerprint density at radius 1 is 1.00 bits per heavy atom. The Morgan fingerprint density at radius 2 is 1.68 bits per heavy atom. The van der Waals surface area contributed by atoms with Gasteiger partial charge in [-0.25, -0.2) is 8.78 Å². The lowest BCUT2D eigenvalue weighted by Gasteiger charge is -2.45. The first-order valence-electron chi connectivity index (χ1n) is 11.7. The Balaban J connectivity index is 1.51. The molecule has 0 aromatic heterocycles. The molecule has 1 heterocycles. The van der Waals surface area contributed by atoms with Crippen LogP contribution in [0.3, 0.4) is 0 Å². The normalized spacial score (nSPS) is 17.3. The fourth-order valence-corrected chi connectivity index (χ4v) is 6.03. The molecule has 11 heteroatoms. The van der Waals surface area contributed by atoms with Gasteiger partial charge in [-0.3, -0.25) is 0 Å². The number of sulfonamides is 1. The summed E-state index contributed by atoms with van der Waals surface area (Å²) >= 11 is 13.1. The smallest absolute Gasteiger partial charge is 0.276 e. The standard InChI is InChI=1S/C26H24Cl2F2N4O2S/c1-17-5-8-19(9-6-17)37(35,36)32-31-25(24-20(27)3-2-4-21(24)28)34-14-13-33(16-26(34)11-12-26)23-10-7-18(29)15-22(23)30/h2-10,15,32H,11-14,16H2,1H3/b31-25+. The number of nitrogens with one attached hydrogen (secondary N) is 1. The van der Waals surface area contributed by atoms with Gasteiger partial charge in [-0.2, -0.15) is 13.2 Å². The molecule has 1 N–H and O–H groups in total. The van der Waals surface area contributed by atoms with Crippen molar-refractivity contribution in [1.29, 1.82) is 0 Å². The topological polar surface area (TPSA) is 65.0 Å². The van der Waals surface area contributed by atoms with Gasteiger partial charge in [0, 0.05) is 25.7 Å². The second-order valence-electron chi connectivity index (χ2n) is 9.33. The second kappa shape index (κ2) is 9.78. The lowest BCUT2D eigenvalue weighted by molar-refractivity contribution is 0.258. The molecule has 0 atom stereocenters. The summed E-state index contributed by atoms with van der Waals surface area (Å²) in [5, 5.41) is 5.01. The zero-order valence-corrected chi connectivity index (χ0v) is 22.2. The van der Waals surface area contributed by atoms with Gasteiger partial charge in [0.25, 0.3) is 10.0 Å². The molecule has 0 unspecified atom stereocenters. The van der Waals surface area contributed by atoms with E-state index in [1.807, 2.05) is 16.7 Å². The number of rotatable bonds is 5. The number of hydrogen-bond donors (Lipinski definition) is 1. The highest BCUT2D eigenvalue weighted by Crippen LogP contribution is 2.47. The number of nitrogens with zero attached hydrogens (tertiary/aromatic N) is 3. The summed E-state index contributed by atoms with van der Waals surface area (Å²) in [5.41, 5.74) is 1.22. The molecule has 0 amide bonds. The zero-order chi connectivity index (χ0) is 26.4. The molecular formula is C26H24Cl2F2N4O2S. The Morgan fingerprint density at radius 3 is 2.30 bits per heavy atom. The molecule has 0 bridgehead atoms. The van der Waals surface area contributed by atoms with E-state index in [2.05, 4.69) is 9.93 Å². The summed E-state index contributed by atoms with van der Waals surface area (Å²) in [6, 6.07) is 15.0. The molecule has 194 valence electrons. The van der Waals surface area contributed by atoms with Crippen LogP contribution in [0, 0.1) is 18.6 Å². The number of aryl methyl sites for hydroxylation is 1. The number of halogens is 4. The van der Waals surface area contributed by atoms with E-state index >= 15 is 0 Å². The van der Waals surface area contributed by atoms with Gasteiger partial charge in [-0.15, -0.1) is 5.10 Å². The molecule has 5 rings (SSSR count). The molecule has 1 aliphatic heterocycles. The van der Waals surface area contributed by atoms with Crippen molar-refractivity contribution in [3.05, 3.63) is 93.5 Å². The highest BCUT2D eigenvalue weighted by molar-refractivity contribution is 7.89. The van der Waals surface area contributed by atoms with Crippen LogP contribution in [0.5, 0.6) is 0 Å². The van der Waals surface area contributed by atoms with Crippen LogP contribution in [0.15, 0.2) is 70.7 Å². The monoisotopic (exact) mass is 564 g/mol. The molecular weight excluding hydrogens is 541 g/mol. The van der Waals surface area contributed by atoms with E-state index < -0.39 is 27.2 Å². The summed E-state index contributed by atoms with van der Waals surface area (Å²) in [6.45, 7) is 3.10. The van der Waals surface area contributed by atoms with Crippen molar-refractivity contribution in [2.75, 3.05) is 24.5 Å². The van der Waals surface area contributed by atoms with Crippen LogP contribution in [-0.2, 0) is 10.0 Å². The van der Waals surface area contributed by atoms with E-state index in [0.29, 0.717) is 46.8 Å². The van der Waals surface area contributed by atoms with Crippen LogP contribution in [0.4, 0.5) is 14.5 Å². The van der Waals surface area contributed by atoms with Gasteiger partial charge in [-0.05, 0) is 56.2 Å². The van der Waals surface area contributed by atoms with Crippen LogP contribution >= 0.6 is 23.2 Å². The minimum Gasteiger partial charge on any atom is -0.365 e. The van der Waals surface area contributed by atoms with Gasteiger partial charge in [-0.1, -0.05) is 47.0 Å². The molecule has 6 nitrogen and oxygen atoms in total. The maximum atomic E-state index is 14.5. The molecule has 1 spiro atoms. The van der Waals surface area contributed by atoms with E-state index in [0.717, 1.165) is 24.5 Å². The third-order valence-electron chi connectivity index (χ3n) is 6.77. The molecule has 2 aliphatic rings. The van der Waals surface area contributed by atoms with Crippen molar-refractivity contribution in [3.63, 3.8) is 0 Å². The molecule has 3 aromatic carbocycles. The second-order valence-corrected chi connectivity index (χ2v) is 11.8. The SMILES string of the molecule is Cc1ccc(S(=O)(=O)N/N=C(\c2c(Cl)cccc2Cl)N2CCN(c3ccc(F)cc3F)CC23CC3)cc1. The minimum absolute atomic E-state index is 0.0733. The summed E-state index contributed by atoms with van der Waals surface area (Å²) < 4.78 is 54.1. The Kier molecular flexibility index (Phi) is 6.81. The van der Waals surface area contributed by atoms with Crippen LogP contribution in [0.25, 0.3) is 0 Å². The number of benzene rings is 3. The van der Waals surface area contributed by atoms with Gasteiger partial charge in [0.05, 0.1) is 31.7 Å². The van der Waals surface area contributed by atoms with Crippen molar-refractivity contribution < 1.29 is 17.2 Å². The zero-order valence-electron chi connectivity index (χ0n) is 19.9. The molecule has 1 saturated heterocycles. The van der Waals surface area contributed by atoms with Crippen molar-refractivity contribution in [2.45, 2.75) is 30.2 Å². The number of piperazine rings is 1. The minimum atomic E-state index is -3.97. The summed E-state index contributed by atoms with van der Waals surface area (Å²) in [6.07, 6.45) is 1.55. The molecule has 1 aliphatic carbocycles. The summed E-state index contributed by atoms with van der Waals surface area (Å²) in [4.78, 5) is 6.30. The lowest BCUT2D eigenvalue weighted by Crippen LogP contribution is -2.58. The first-order valence-corrected chi connectivity index (χ1v) is 13.9. The first kappa shape index (κ1) is 25.8. The molecule has 0 radical (unpaired) electrons. The molecule has 3 aromatic rings. The highest BCUT2D eigenvalue weighted by Gasteiger charge is 2.53. The van der Waals surface area contributed by atoms with Crippen LogP contribution in [0.2, 0.25) is 10.0 Å². The maximum absolute atomic E-state index is 14.5. The third kappa shape index (κ3) is 5.12. The quantitative estimate of drug-likeness (QED) is 0.250. The van der Waals surface area contributed by atoms with E-state index in [1.165, 1.54) is 24.3 Å². The average molecular weight is 565 g/mol. The number of anilines is 1. The Labute approximate surface area is 224 Å². The fraction of sp³-hybridized carbons (Fsp3) is 0.269. The van der Waals surface area contributed by atoms with E-state index in [1.54, 1.807) is 30.3 Å². The first-order chi connectivity index (χ1) is 17.6. The van der Waals surface area contributed by atoms with Crippen LogP contribution < -0.4 is 9.73 Å². The van der Waals surface area contributed by atoms with Crippen LogP contribution in [-0.4, -0.2) is 44.3 Å². The predicted octanol–water partition coefficient (Wildman–Crippen LogP) is 5.57. The Bertz CT molecular complexity index is 1460. The molecule has 2 fully saturated rings. The van der Waals surface area contributed by atoms with Crippen molar-refractivity contribution in [1.82, 2.24) is 9.73 Å². The largest absolute Gasteiger partial charge is 0.365 e. The highest BCUT2D eigenvalue weighted by atomic mass is 35.5. The molecule has 37 heavy (non-hydrogen) atoms. The van der Waals surface area contributed by atoms with Crippen LogP contribution in [0.1, 0.15) is 24.0 Å². The lowest BCUT2D eigenvalue weighted by atomic mass is 10.1. The summed E-state index contributed by atoms with van der Waals surface area (Å²) in [7, 11) is -3.97. The summed E-state index contributed by atoms with van der Waals surface area (Å²) in [5.74, 6) is -0.967. The third-order valence-corrected chi connectivity index (χ3v) is 8.63.